The van der Waals surface area contributed by atoms with E-state index >= 15 is 0 Å². The Labute approximate surface area is 214 Å². The first kappa shape index (κ1) is 28.5. The SMILES string of the molecule is COc1cc2nc(N3CCCC3)nc(NCCCCCN3CCCC3)c2cc1OC.O=C(O)C(F)(F)F. The van der Waals surface area contributed by atoms with Crippen LogP contribution in [0.3, 0.4) is 0 Å². The van der Waals surface area contributed by atoms with Crippen molar-refractivity contribution in [3.8, 4) is 11.5 Å². The van der Waals surface area contributed by atoms with E-state index in [1.807, 2.05) is 12.1 Å². The van der Waals surface area contributed by atoms with Crippen molar-refractivity contribution in [2.45, 2.75) is 51.1 Å². The Hall–Kier alpha value is -3.02. The van der Waals surface area contributed by atoms with Gasteiger partial charge in [0.25, 0.3) is 0 Å². The van der Waals surface area contributed by atoms with Gasteiger partial charge in [0.05, 0.1) is 19.7 Å². The number of carboxylic acids is 1. The first-order chi connectivity index (χ1) is 17.7. The number of hydrogen-bond acceptors (Lipinski definition) is 8. The number of unbranched alkanes of at least 4 members (excludes halogenated alkanes) is 2. The average Bonchev–Trinajstić information content (AvgIpc) is 3.59. The molecule has 0 bridgehead atoms. The molecule has 206 valence electrons. The Morgan fingerprint density at radius 3 is 2.16 bits per heavy atom. The average molecular weight is 528 g/mol. The Balaban J connectivity index is 0.000000479. The van der Waals surface area contributed by atoms with E-state index in [9.17, 15) is 13.2 Å². The number of ether oxygens (including phenoxy) is 2. The second-order valence-electron chi connectivity index (χ2n) is 9.13. The van der Waals surface area contributed by atoms with Gasteiger partial charge >= 0.3 is 12.1 Å². The summed E-state index contributed by atoms with van der Waals surface area (Å²) in [7, 11) is 3.32. The Morgan fingerprint density at radius 1 is 0.973 bits per heavy atom. The molecule has 2 N–H and O–H groups in total. The molecule has 2 aliphatic heterocycles. The molecule has 0 amide bonds. The number of halogens is 3. The van der Waals surface area contributed by atoms with Crippen molar-refractivity contribution < 1.29 is 32.5 Å². The highest BCUT2D eigenvalue weighted by molar-refractivity contribution is 5.92. The fraction of sp³-hybridized carbons (Fsp3) is 0.640. The zero-order chi connectivity index (χ0) is 26.8. The summed E-state index contributed by atoms with van der Waals surface area (Å²) < 4.78 is 42.7. The van der Waals surface area contributed by atoms with Gasteiger partial charge < -0.3 is 29.7 Å². The summed E-state index contributed by atoms with van der Waals surface area (Å²) in [4.78, 5) is 23.5. The van der Waals surface area contributed by atoms with E-state index in [1.54, 1.807) is 14.2 Å². The maximum absolute atomic E-state index is 10.6. The van der Waals surface area contributed by atoms with Crippen LogP contribution < -0.4 is 19.7 Å². The third-order valence-corrected chi connectivity index (χ3v) is 6.46. The molecule has 0 spiro atoms. The molecule has 2 aliphatic rings. The predicted molar refractivity (Wildman–Crippen MR) is 136 cm³/mol. The largest absolute Gasteiger partial charge is 0.493 e. The molecule has 37 heavy (non-hydrogen) atoms. The second-order valence-corrected chi connectivity index (χ2v) is 9.13. The third kappa shape index (κ3) is 8.24. The van der Waals surface area contributed by atoms with E-state index in [2.05, 4.69) is 15.1 Å². The second kappa shape index (κ2) is 13.5. The number of carboxylic acid groups (broad SMARTS) is 1. The van der Waals surface area contributed by atoms with Crippen molar-refractivity contribution in [1.29, 1.82) is 0 Å². The standard InChI is InChI=1S/C23H35N5O2.C2HF3O2/c1-29-20-16-18-19(17-21(20)30-2)25-23(28-14-8-9-15-28)26-22(18)24-10-4-3-5-11-27-12-6-7-13-27;3-2(4,5)1(6)7/h16-17H,3-15H2,1-2H3,(H,24,25,26);(H,6,7). The van der Waals surface area contributed by atoms with Crippen molar-refractivity contribution in [3.05, 3.63) is 12.1 Å². The van der Waals surface area contributed by atoms with Crippen molar-refractivity contribution in [1.82, 2.24) is 14.9 Å². The highest BCUT2D eigenvalue weighted by Crippen LogP contribution is 2.35. The summed E-state index contributed by atoms with van der Waals surface area (Å²) in [6.07, 6.45) is 3.72. The van der Waals surface area contributed by atoms with E-state index in [-0.39, 0.29) is 0 Å². The molecule has 0 atom stereocenters. The zero-order valence-corrected chi connectivity index (χ0v) is 21.4. The molecule has 2 aromatic rings. The van der Waals surface area contributed by atoms with E-state index in [4.69, 9.17) is 29.3 Å². The van der Waals surface area contributed by atoms with Gasteiger partial charge in [-0.15, -0.1) is 0 Å². The number of methoxy groups -OCH3 is 2. The summed E-state index contributed by atoms with van der Waals surface area (Å²) in [5.74, 6) is 0.346. The van der Waals surface area contributed by atoms with Gasteiger partial charge in [0.15, 0.2) is 11.5 Å². The molecule has 0 radical (unpaired) electrons. The van der Waals surface area contributed by atoms with Gasteiger partial charge in [-0.2, -0.15) is 18.2 Å². The minimum atomic E-state index is -5.08. The normalized spacial score (nSPS) is 16.0. The van der Waals surface area contributed by atoms with Gasteiger partial charge in [0.1, 0.15) is 5.82 Å². The molecule has 0 unspecified atom stereocenters. The lowest BCUT2D eigenvalue weighted by molar-refractivity contribution is -0.192. The van der Waals surface area contributed by atoms with Crippen LogP contribution in [0.15, 0.2) is 12.1 Å². The highest BCUT2D eigenvalue weighted by Gasteiger charge is 2.38. The van der Waals surface area contributed by atoms with Crippen LogP contribution in [0.5, 0.6) is 11.5 Å². The minimum Gasteiger partial charge on any atom is -0.493 e. The molecule has 0 saturated carbocycles. The number of alkyl halides is 3. The highest BCUT2D eigenvalue weighted by atomic mass is 19.4. The quantitative estimate of drug-likeness (QED) is 0.431. The lowest BCUT2D eigenvalue weighted by atomic mass is 10.2. The van der Waals surface area contributed by atoms with E-state index in [1.165, 1.54) is 58.2 Å². The Kier molecular flexibility index (Phi) is 10.4. The molecule has 9 nitrogen and oxygen atoms in total. The number of carbonyl (C=O) groups is 1. The minimum absolute atomic E-state index is 0.698. The molecular formula is C25H36F3N5O4. The van der Waals surface area contributed by atoms with E-state index < -0.39 is 12.1 Å². The lowest BCUT2D eigenvalue weighted by Gasteiger charge is -2.19. The number of aliphatic carboxylic acids is 1. The molecule has 1 aromatic heterocycles. The van der Waals surface area contributed by atoms with Gasteiger partial charge in [-0.05, 0) is 64.2 Å². The molecule has 3 heterocycles. The number of benzene rings is 1. The van der Waals surface area contributed by atoms with Crippen LogP contribution >= 0.6 is 0 Å². The molecular weight excluding hydrogens is 491 g/mol. The predicted octanol–water partition coefficient (Wildman–Crippen LogP) is 4.56. The Morgan fingerprint density at radius 2 is 1.57 bits per heavy atom. The fourth-order valence-electron chi connectivity index (χ4n) is 4.49. The summed E-state index contributed by atoms with van der Waals surface area (Å²) >= 11 is 0. The van der Waals surface area contributed by atoms with Crippen molar-refractivity contribution >= 4 is 28.6 Å². The number of likely N-dealkylation sites (tertiary alicyclic amines) is 1. The molecule has 4 rings (SSSR count). The number of anilines is 2. The van der Waals surface area contributed by atoms with Crippen molar-refractivity contribution in [2.24, 2.45) is 0 Å². The maximum Gasteiger partial charge on any atom is 0.490 e. The first-order valence-corrected chi connectivity index (χ1v) is 12.7. The van der Waals surface area contributed by atoms with Crippen LogP contribution in [0.2, 0.25) is 0 Å². The van der Waals surface area contributed by atoms with Crippen molar-refractivity contribution in [2.75, 3.05) is 63.7 Å². The molecule has 2 saturated heterocycles. The van der Waals surface area contributed by atoms with Crippen LogP contribution in [-0.4, -0.2) is 85.6 Å². The molecule has 0 aliphatic carbocycles. The molecule has 12 heteroatoms. The lowest BCUT2D eigenvalue weighted by Crippen LogP contribution is -2.21. The van der Waals surface area contributed by atoms with Crippen LogP contribution in [0.1, 0.15) is 44.9 Å². The van der Waals surface area contributed by atoms with Crippen molar-refractivity contribution in [3.63, 3.8) is 0 Å². The molecule has 1 aromatic carbocycles. The number of nitrogens with one attached hydrogen (secondary N) is 1. The summed E-state index contributed by atoms with van der Waals surface area (Å²) in [5, 5.41) is 11.7. The summed E-state index contributed by atoms with van der Waals surface area (Å²) in [5.41, 5.74) is 0.890. The van der Waals surface area contributed by atoms with E-state index in [0.717, 1.165) is 48.7 Å². The number of aromatic nitrogens is 2. The summed E-state index contributed by atoms with van der Waals surface area (Å²) in [6, 6.07) is 3.94. The van der Waals surface area contributed by atoms with Crippen LogP contribution in [-0.2, 0) is 4.79 Å². The monoisotopic (exact) mass is 527 g/mol. The van der Waals surface area contributed by atoms with Crippen LogP contribution in [0.25, 0.3) is 10.9 Å². The maximum atomic E-state index is 10.6. The fourth-order valence-corrected chi connectivity index (χ4v) is 4.49. The van der Waals surface area contributed by atoms with Gasteiger partial charge in [0.2, 0.25) is 5.95 Å². The Bertz CT molecular complexity index is 1030. The van der Waals surface area contributed by atoms with Gasteiger partial charge in [-0.25, -0.2) is 9.78 Å². The van der Waals surface area contributed by atoms with Gasteiger partial charge in [-0.3, -0.25) is 0 Å². The number of nitrogens with zero attached hydrogens (tertiary/aromatic N) is 4. The topological polar surface area (TPSA) is 100 Å². The first-order valence-electron chi connectivity index (χ1n) is 12.7. The zero-order valence-electron chi connectivity index (χ0n) is 21.4. The van der Waals surface area contributed by atoms with Gasteiger partial charge in [-0.1, -0.05) is 6.42 Å². The third-order valence-electron chi connectivity index (χ3n) is 6.46. The smallest absolute Gasteiger partial charge is 0.490 e. The van der Waals surface area contributed by atoms with Gasteiger partial charge in [0, 0.05) is 31.1 Å². The van der Waals surface area contributed by atoms with Crippen LogP contribution in [0.4, 0.5) is 24.9 Å². The number of fused-ring (bicyclic) bond motifs is 1. The number of hydrogen-bond donors (Lipinski definition) is 2. The molecule has 2 fully saturated rings. The van der Waals surface area contributed by atoms with Crippen LogP contribution in [0, 0.1) is 0 Å². The summed E-state index contributed by atoms with van der Waals surface area (Å²) in [6.45, 7) is 6.78. The number of rotatable bonds is 10. The van der Waals surface area contributed by atoms with E-state index in [0.29, 0.717) is 11.5 Å².